The SMILES string of the molecule is Cc1cccc(Oc2cccc(O)c2C)c1[N+](=O)[O-]. The molecule has 2 aromatic rings. The maximum absolute atomic E-state index is 11.1. The summed E-state index contributed by atoms with van der Waals surface area (Å²) >= 11 is 0. The smallest absolute Gasteiger partial charge is 0.314 e. The molecule has 0 aliphatic rings. The minimum atomic E-state index is -0.469. The van der Waals surface area contributed by atoms with Crippen LogP contribution in [0.4, 0.5) is 5.69 Å². The molecule has 98 valence electrons. The van der Waals surface area contributed by atoms with Gasteiger partial charge in [-0.2, -0.15) is 0 Å². The van der Waals surface area contributed by atoms with E-state index >= 15 is 0 Å². The summed E-state index contributed by atoms with van der Waals surface area (Å²) in [6.45, 7) is 3.34. The van der Waals surface area contributed by atoms with E-state index in [0.29, 0.717) is 16.9 Å². The van der Waals surface area contributed by atoms with Crippen molar-refractivity contribution in [1.82, 2.24) is 0 Å². The number of aryl methyl sites for hydroxylation is 1. The topological polar surface area (TPSA) is 72.6 Å². The zero-order valence-electron chi connectivity index (χ0n) is 10.6. The van der Waals surface area contributed by atoms with Gasteiger partial charge in [0.25, 0.3) is 0 Å². The molecule has 0 heterocycles. The fourth-order valence-electron chi connectivity index (χ4n) is 1.78. The molecule has 0 radical (unpaired) electrons. The second kappa shape index (κ2) is 4.97. The Bertz CT molecular complexity index is 637. The van der Waals surface area contributed by atoms with Crippen LogP contribution < -0.4 is 4.74 Å². The van der Waals surface area contributed by atoms with Crippen LogP contribution in [-0.4, -0.2) is 10.0 Å². The lowest BCUT2D eigenvalue weighted by Crippen LogP contribution is -1.96. The van der Waals surface area contributed by atoms with E-state index in [1.54, 1.807) is 38.1 Å². The molecule has 2 aromatic carbocycles. The average Bonchev–Trinajstić information content (AvgIpc) is 2.34. The Hall–Kier alpha value is -2.56. The van der Waals surface area contributed by atoms with Gasteiger partial charge < -0.3 is 9.84 Å². The summed E-state index contributed by atoms with van der Waals surface area (Å²) in [4.78, 5) is 10.6. The van der Waals surface area contributed by atoms with Crippen LogP contribution in [0.1, 0.15) is 11.1 Å². The number of phenolic OH excluding ortho intramolecular Hbond substituents is 1. The number of phenols is 1. The normalized spacial score (nSPS) is 10.2. The minimum absolute atomic E-state index is 0.0646. The quantitative estimate of drug-likeness (QED) is 0.673. The summed E-state index contributed by atoms with van der Waals surface area (Å²) in [6, 6.07) is 9.69. The molecule has 0 saturated carbocycles. The fourth-order valence-corrected chi connectivity index (χ4v) is 1.78. The summed E-state index contributed by atoms with van der Waals surface area (Å²) < 4.78 is 5.56. The molecule has 0 aliphatic heterocycles. The Morgan fingerprint density at radius 2 is 1.74 bits per heavy atom. The van der Waals surface area contributed by atoms with Crippen molar-refractivity contribution < 1.29 is 14.8 Å². The van der Waals surface area contributed by atoms with Crippen molar-refractivity contribution in [1.29, 1.82) is 0 Å². The first kappa shape index (κ1) is 12.9. The molecule has 2 rings (SSSR count). The number of hydrogen-bond acceptors (Lipinski definition) is 4. The Labute approximate surface area is 110 Å². The molecule has 5 heteroatoms. The molecular weight excluding hydrogens is 246 g/mol. The number of aromatic hydroxyl groups is 1. The number of nitrogens with zero attached hydrogens (tertiary/aromatic N) is 1. The molecular formula is C14H13NO4. The van der Waals surface area contributed by atoms with Crippen LogP contribution in [0.2, 0.25) is 0 Å². The number of nitro groups is 1. The summed E-state index contributed by atoms with van der Waals surface area (Å²) in [5.41, 5.74) is 1.00. The van der Waals surface area contributed by atoms with Crippen LogP contribution in [0.15, 0.2) is 36.4 Å². The highest BCUT2D eigenvalue weighted by Gasteiger charge is 2.19. The van der Waals surface area contributed by atoms with Gasteiger partial charge in [0.15, 0.2) is 0 Å². The zero-order chi connectivity index (χ0) is 14.0. The predicted molar refractivity (Wildman–Crippen MR) is 70.8 cm³/mol. The average molecular weight is 259 g/mol. The van der Waals surface area contributed by atoms with Gasteiger partial charge >= 0.3 is 5.69 Å². The van der Waals surface area contributed by atoms with E-state index in [4.69, 9.17) is 4.74 Å². The van der Waals surface area contributed by atoms with Crippen molar-refractivity contribution in [2.24, 2.45) is 0 Å². The first-order valence-electron chi connectivity index (χ1n) is 5.71. The number of ether oxygens (including phenoxy) is 1. The number of nitro benzene ring substituents is 1. The maximum atomic E-state index is 11.1. The molecule has 0 amide bonds. The van der Waals surface area contributed by atoms with Gasteiger partial charge in [0, 0.05) is 11.1 Å². The lowest BCUT2D eigenvalue weighted by atomic mass is 10.1. The van der Waals surface area contributed by atoms with Crippen molar-refractivity contribution in [2.75, 3.05) is 0 Å². The van der Waals surface area contributed by atoms with Crippen LogP contribution in [0.5, 0.6) is 17.2 Å². The summed E-state index contributed by atoms with van der Waals surface area (Å²) in [7, 11) is 0. The molecule has 0 saturated heterocycles. The molecule has 0 fully saturated rings. The lowest BCUT2D eigenvalue weighted by Gasteiger charge is -2.10. The van der Waals surface area contributed by atoms with Gasteiger partial charge in [-0.25, -0.2) is 0 Å². The summed E-state index contributed by atoms with van der Waals surface area (Å²) in [6.07, 6.45) is 0. The van der Waals surface area contributed by atoms with Gasteiger partial charge in [-0.15, -0.1) is 0 Å². The van der Waals surface area contributed by atoms with Gasteiger partial charge in [0.05, 0.1) is 4.92 Å². The van der Waals surface area contributed by atoms with E-state index < -0.39 is 4.92 Å². The molecule has 0 aromatic heterocycles. The van der Waals surface area contributed by atoms with Crippen molar-refractivity contribution in [3.8, 4) is 17.2 Å². The van der Waals surface area contributed by atoms with Crippen LogP contribution >= 0.6 is 0 Å². The Morgan fingerprint density at radius 1 is 1.11 bits per heavy atom. The second-order valence-corrected chi connectivity index (χ2v) is 4.18. The summed E-state index contributed by atoms with van der Waals surface area (Å²) in [5.74, 6) is 0.653. The predicted octanol–water partition coefficient (Wildman–Crippen LogP) is 3.71. The molecule has 19 heavy (non-hydrogen) atoms. The maximum Gasteiger partial charge on any atom is 0.314 e. The second-order valence-electron chi connectivity index (χ2n) is 4.18. The first-order chi connectivity index (χ1) is 9.00. The third kappa shape index (κ3) is 2.49. The van der Waals surface area contributed by atoms with Crippen molar-refractivity contribution in [2.45, 2.75) is 13.8 Å². The summed E-state index contributed by atoms with van der Waals surface area (Å²) in [5, 5.41) is 20.7. The Balaban J connectivity index is 2.47. The molecule has 0 atom stereocenters. The van der Waals surface area contributed by atoms with E-state index in [9.17, 15) is 15.2 Å². The fraction of sp³-hybridized carbons (Fsp3) is 0.143. The molecule has 5 nitrogen and oxygen atoms in total. The highest BCUT2D eigenvalue weighted by Crippen LogP contribution is 2.36. The van der Waals surface area contributed by atoms with E-state index in [1.807, 2.05) is 0 Å². The van der Waals surface area contributed by atoms with Crippen LogP contribution in [-0.2, 0) is 0 Å². The van der Waals surface area contributed by atoms with Crippen molar-refractivity contribution in [3.63, 3.8) is 0 Å². The zero-order valence-corrected chi connectivity index (χ0v) is 10.6. The van der Waals surface area contributed by atoms with E-state index in [2.05, 4.69) is 0 Å². The standard InChI is InChI=1S/C14H13NO4/c1-9-5-3-8-13(14(9)15(17)18)19-12-7-4-6-11(16)10(12)2/h3-8,16H,1-2H3. The number of benzene rings is 2. The van der Waals surface area contributed by atoms with Gasteiger partial charge in [0.1, 0.15) is 11.5 Å². The van der Waals surface area contributed by atoms with Crippen LogP contribution in [0.3, 0.4) is 0 Å². The van der Waals surface area contributed by atoms with Gasteiger partial charge in [0.2, 0.25) is 5.75 Å². The van der Waals surface area contributed by atoms with Gasteiger partial charge in [-0.1, -0.05) is 18.2 Å². The Morgan fingerprint density at radius 3 is 2.42 bits per heavy atom. The number of hydrogen-bond donors (Lipinski definition) is 1. The lowest BCUT2D eigenvalue weighted by molar-refractivity contribution is -0.386. The number of rotatable bonds is 3. The molecule has 0 bridgehead atoms. The highest BCUT2D eigenvalue weighted by atomic mass is 16.6. The van der Waals surface area contributed by atoms with Crippen molar-refractivity contribution in [3.05, 3.63) is 57.6 Å². The first-order valence-corrected chi connectivity index (χ1v) is 5.71. The highest BCUT2D eigenvalue weighted by molar-refractivity contribution is 5.55. The van der Waals surface area contributed by atoms with Crippen LogP contribution in [0.25, 0.3) is 0 Å². The molecule has 0 aliphatic carbocycles. The molecule has 0 spiro atoms. The van der Waals surface area contributed by atoms with Crippen molar-refractivity contribution >= 4 is 5.69 Å². The van der Waals surface area contributed by atoms with E-state index in [1.165, 1.54) is 12.1 Å². The van der Waals surface area contributed by atoms with Crippen LogP contribution in [0, 0.1) is 24.0 Å². The van der Waals surface area contributed by atoms with Gasteiger partial charge in [-0.05, 0) is 32.0 Å². The minimum Gasteiger partial charge on any atom is -0.508 e. The van der Waals surface area contributed by atoms with Gasteiger partial charge in [-0.3, -0.25) is 10.1 Å². The third-order valence-electron chi connectivity index (χ3n) is 2.86. The Kier molecular flexibility index (Phi) is 3.37. The largest absolute Gasteiger partial charge is 0.508 e. The third-order valence-corrected chi connectivity index (χ3v) is 2.86. The number of para-hydroxylation sites is 1. The molecule has 0 unspecified atom stereocenters. The van der Waals surface area contributed by atoms with E-state index in [-0.39, 0.29) is 17.2 Å². The molecule has 1 N–H and O–H groups in total. The monoisotopic (exact) mass is 259 g/mol. The van der Waals surface area contributed by atoms with E-state index in [0.717, 1.165) is 0 Å².